The van der Waals surface area contributed by atoms with Crippen LogP contribution in [0.15, 0.2) is 36.4 Å². The smallest absolute Gasteiger partial charge is 0.413 e. The zero-order chi connectivity index (χ0) is 35.9. The molecule has 11 nitrogen and oxygen atoms in total. The van der Waals surface area contributed by atoms with Crippen molar-refractivity contribution in [1.29, 1.82) is 0 Å². The van der Waals surface area contributed by atoms with E-state index >= 15 is 0 Å². The number of rotatable bonds is 10. The van der Waals surface area contributed by atoms with E-state index < -0.39 is 35.1 Å². The average Bonchev–Trinajstić information content (AvgIpc) is 3.29. The molecule has 1 aromatic heterocycles. The van der Waals surface area contributed by atoms with Crippen molar-refractivity contribution in [2.24, 2.45) is 5.92 Å². The Morgan fingerprint density at radius 3 is 2.21 bits per heavy atom. The van der Waals surface area contributed by atoms with E-state index in [1.165, 1.54) is 12.1 Å². The number of aromatic nitrogens is 1. The number of ether oxygens (including phenoxy) is 4. The van der Waals surface area contributed by atoms with Crippen molar-refractivity contribution < 1.29 is 37.7 Å². The van der Waals surface area contributed by atoms with Crippen LogP contribution in [0.1, 0.15) is 79.1 Å². The molecule has 12 heteroatoms. The van der Waals surface area contributed by atoms with Gasteiger partial charge in [-0.2, -0.15) is 0 Å². The third-order valence-electron chi connectivity index (χ3n) is 7.06. The van der Waals surface area contributed by atoms with E-state index in [9.17, 15) is 18.8 Å². The summed E-state index contributed by atoms with van der Waals surface area (Å²) in [4.78, 5) is 46.5. The second-order valence-electron chi connectivity index (χ2n) is 15.3. The maximum atomic E-state index is 13.8. The molecule has 2 aromatic rings. The standard InChI is InChI=1S/C36H53FN4O7/c1-24-18-28(38-30(19-24)39-31(42)46-34(2,3)4)21-26-22-41(33(44)48-36(8,9)10)23-29(26)45-17-16-40(32(43)47-35(5,6)7)15-14-25-12-11-13-27(37)20-25/h11-13,18-20,26,29H,14-17,21-23H2,1-10H3,(H,38,39,42)/t26-,29-/m1/s1. The molecule has 1 aliphatic heterocycles. The van der Waals surface area contributed by atoms with Gasteiger partial charge in [-0.15, -0.1) is 0 Å². The van der Waals surface area contributed by atoms with Gasteiger partial charge in [0.05, 0.1) is 19.3 Å². The van der Waals surface area contributed by atoms with E-state index in [2.05, 4.69) is 10.3 Å². The van der Waals surface area contributed by atoms with Crippen LogP contribution in [0.25, 0.3) is 0 Å². The van der Waals surface area contributed by atoms with Gasteiger partial charge in [0.25, 0.3) is 0 Å². The lowest BCUT2D eigenvalue weighted by atomic mass is 9.99. The molecule has 2 heterocycles. The molecule has 0 spiro atoms. The molecule has 266 valence electrons. The number of carbonyl (C=O) groups excluding carboxylic acids is 3. The van der Waals surface area contributed by atoms with Gasteiger partial charge in [0.15, 0.2) is 0 Å². The van der Waals surface area contributed by atoms with Gasteiger partial charge in [-0.05, 0) is 117 Å². The lowest BCUT2D eigenvalue weighted by Gasteiger charge is -2.28. The van der Waals surface area contributed by atoms with Crippen molar-refractivity contribution in [3.63, 3.8) is 0 Å². The summed E-state index contributed by atoms with van der Waals surface area (Å²) in [5.74, 6) is -0.120. The number of pyridine rings is 1. The van der Waals surface area contributed by atoms with Crippen LogP contribution < -0.4 is 5.32 Å². The Labute approximate surface area is 284 Å². The Morgan fingerprint density at radius 1 is 0.917 bits per heavy atom. The quantitative estimate of drug-likeness (QED) is 0.264. The molecule has 0 unspecified atom stereocenters. The highest BCUT2D eigenvalue weighted by Crippen LogP contribution is 2.27. The second-order valence-corrected chi connectivity index (χ2v) is 15.3. The number of hydrogen-bond donors (Lipinski definition) is 1. The maximum Gasteiger partial charge on any atom is 0.413 e. The van der Waals surface area contributed by atoms with Gasteiger partial charge < -0.3 is 28.7 Å². The number of carbonyl (C=O) groups is 3. The van der Waals surface area contributed by atoms with Crippen LogP contribution in [0.2, 0.25) is 0 Å². The molecule has 1 aliphatic rings. The normalized spacial score (nSPS) is 16.8. The van der Waals surface area contributed by atoms with Gasteiger partial charge in [0, 0.05) is 31.2 Å². The number of nitrogens with one attached hydrogen (secondary N) is 1. The van der Waals surface area contributed by atoms with Crippen LogP contribution in [-0.2, 0) is 31.8 Å². The fraction of sp³-hybridized carbons (Fsp3) is 0.611. The minimum absolute atomic E-state index is 0.150. The Kier molecular flexibility index (Phi) is 12.8. The van der Waals surface area contributed by atoms with Crippen LogP contribution in [0.4, 0.5) is 24.6 Å². The zero-order valence-corrected chi connectivity index (χ0v) is 30.1. The molecule has 3 amide bonds. The summed E-state index contributed by atoms with van der Waals surface area (Å²) < 4.78 is 36.9. The van der Waals surface area contributed by atoms with E-state index in [4.69, 9.17) is 18.9 Å². The monoisotopic (exact) mass is 672 g/mol. The van der Waals surface area contributed by atoms with Crippen LogP contribution in [0, 0.1) is 18.7 Å². The molecule has 0 saturated carbocycles. The maximum absolute atomic E-state index is 13.8. The summed E-state index contributed by atoms with van der Waals surface area (Å²) in [6.45, 7) is 19.5. The van der Waals surface area contributed by atoms with E-state index in [1.54, 1.807) is 63.5 Å². The van der Waals surface area contributed by atoms with Crippen molar-refractivity contribution in [2.75, 3.05) is 38.1 Å². The minimum Gasteiger partial charge on any atom is -0.444 e. The first-order valence-electron chi connectivity index (χ1n) is 16.5. The number of anilines is 1. The Hall–Kier alpha value is -3.93. The molecular weight excluding hydrogens is 619 g/mol. The van der Waals surface area contributed by atoms with E-state index in [0.717, 1.165) is 16.8 Å². The number of hydrogen-bond acceptors (Lipinski definition) is 8. The predicted molar refractivity (Wildman–Crippen MR) is 181 cm³/mol. The summed E-state index contributed by atoms with van der Waals surface area (Å²) in [6.07, 6.45) is -1.01. The van der Waals surface area contributed by atoms with Crippen LogP contribution in [0.3, 0.4) is 0 Å². The SMILES string of the molecule is Cc1cc(C[C@@H]2CN(C(=O)OC(C)(C)C)C[C@H]2OCCN(CCc2cccc(F)c2)C(=O)OC(C)(C)C)nc(NC(=O)OC(C)(C)C)c1. The van der Waals surface area contributed by atoms with Crippen molar-refractivity contribution in [3.05, 3.63) is 59.0 Å². The highest BCUT2D eigenvalue weighted by atomic mass is 19.1. The molecule has 1 aromatic carbocycles. The topological polar surface area (TPSA) is 120 Å². The molecular formula is C36H53FN4O7. The number of benzene rings is 1. The largest absolute Gasteiger partial charge is 0.444 e. The molecule has 0 bridgehead atoms. The lowest BCUT2D eigenvalue weighted by molar-refractivity contribution is -0.000926. The van der Waals surface area contributed by atoms with Gasteiger partial charge in [-0.25, -0.2) is 23.8 Å². The first kappa shape index (κ1) is 38.5. The Balaban J connectivity index is 1.75. The summed E-state index contributed by atoms with van der Waals surface area (Å²) in [5.41, 5.74) is 0.362. The first-order valence-corrected chi connectivity index (χ1v) is 16.5. The highest BCUT2D eigenvalue weighted by molar-refractivity contribution is 5.83. The molecule has 2 atom stereocenters. The van der Waals surface area contributed by atoms with Crippen LogP contribution in [-0.4, -0.2) is 88.8 Å². The number of halogens is 1. The molecule has 0 aliphatic carbocycles. The third-order valence-corrected chi connectivity index (χ3v) is 7.06. The average molecular weight is 673 g/mol. The lowest BCUT2D eigenvalue weighted by Crippen LogP contribution is -2.41. The predicted octanol–water partition coefficient (Wildman–Crippen LogP) is 7.15. The summed E-state index contributed by atoms with van der Waals surface area (Å²) in [7, 11) is 0. The molecule has 1 saturated heterocycles. The number of likely N-dealkylation sites (tertiary alicyclic amines) is 1. The molecule has 3 rings (SSSR count). The number of aryl methyl sites for hydroxylation is 1. The van der Waals surface area contributed by atoms with Gasteiger partial charge in [0.1, 0.15) is 28.4 Å². The first-order chi connectivity index (χ1) is 22.2. The molecule has 1 N–H and O–H groups in total. The number of nitrogens with zero attached hydrogens (tertiary/aromatic N) is 3. The minimum atomic E-state index is -0.697. The van der Waals surface area contributed by atoms with Crippen molar-refractivity contribution >= 4 is 24.1 Å². The summed E-state index contributed by atoms with van der Waals surface area (Å²) in [5, 5.41) is 2.71. The fourth-order valence-corrected chi connectivity index (χ4v) is 5.18. The van der Waals surface area contributed by atoms with E-state index in [-0.39, 0.29) is 31.0 Å². The summed E-state index contributed by atoms with van der Waals surface area (Å²) in [6, 6.07) is 9.98. The van der Waals surface area contributed by atoms with Crippen LogP contribution >= 0.6 is 0 Å². The third kappa shape index (κ3) is 13.7. The van der Waals surface area contributed by atoms with Crippen molar-refractivity contribution in [2.45, 2.75) is 105 Å². The second kappa shape index (κ2) is 16.0. The van der Waals surface area contributed by atoms with Crippen LogP contribution in [0.5, 0.6) is 0 Å². The zero-order valence-electron chi connectivity index (χ0n) is 30.1. The van der Waals surface area contributed by atoms with Gasteiger partial charge in [-0.1, -0.05) is 12.1 Å². The highest BCUT2D eigenvalue weighted by Gasteiger charge is 2.38. The van der Waals surface area contributed by atoms with Crippen molar-refractivity contribution in [3.8, 4) is 0 Å². The Bertz CT molecular complexity index is 1410. The molecule has 0 radical (unpaired) electrons. The van der Waals surface area contributed by atoms with E-state index in [0.29, 0.717) is 38.3 Å². The fourth-order valence-electron chi connectivity index (χ4n) is 5.18. The van der Waals surface area contributed by atoms with E-state index in [1.807, 2.05) is 39.8 Å². The van der Waals surface area contributed by atoms with Gasteiger partial charge in [-0.3, -0.25) is 5.32 Å². The van der Waals surface area contributed by atoms with Gasteiger partial charge in [0.2, 0.25) is 0 Å². The Morgan fingerprint density at radius 2 is 1.58 bits per heavy atom. The summed E-state index contributed by atoms with van der Waals surface area (Å²) >= 11 is 0. The molecule has 48 heavy (non-hydrogen) atoms. The number of amides is 3. The van der Waals surface area contributed by atoms with Gasteiger partial charge >= 0.3 is 18.3 Å². The van der Waals surface area contributed by atoms with Crippen molar-refractivity contribution in [1.82, 2.24) is 14.8 Å². The molecule has 1 fully saturated rings.